The van der Waals surface area contributed by atoms with Gasteiger partial charge < -0.3 is 9.47 Å². The highest BCUT2D eigenvalue weighted by Crippen LogP contribution is 2.35. The van der Waals surface area contributed by atoms with Gasteiger partial charge in [0.05, 0.1) is 19.8 Å². The Labute approximate surface area is 331 Å². The predicted octanol–water partition coefficient (Wildman–Crippen LogP) is -7.32. The van der Waals surface area contributed by atoms with Gasteiger partial charge in [0.15, 0.2) is 12.4 Å². The van der Waals surface area contributed by atoms with Gasteiger partial charge in [-0.2, -0.15) is 75.8 Å². The molecule has 1 heterocycles. The number of ether oxygens (including phenoxy) is 2. The molecule has 0 spiro atoms. The second-order valence-corrected chi connectivity index (χ2v) is 19.4. The smallest absolute Gasteiger partial charge is 0.341 e. The molecule has 0 aliphatic carbocycles. The van der Waals surface area contributed by atoms with Crippen LogP contribution in [0.3, 0.4) is 0 Å². The van der Waals surface area contributed by atoms with Crippen molar-refractivity contribution in [3.8, 4) is 0 Å². The summed E-state index contributed by atoms with van der Waals surface area (Å²) in [5.41, 5.74) is 0. The van der Waals surface area contributed by atoms with Crippen LogP contribution in [0, 0.1) is 0 Å². The normalized spacial score (nSPS) is 24.3. The number of rotatable bonds is 26. The van der Waals surface area contributed by atoms with Crippen LogP contribution in [-0.2, 0) is 141 Å². The molecule has 1 aliphatic rings. The van der Waals surface area contributed by atoms with Crippen molar-refractivity contribution in [1.82, 2.24) is 0 Å². The van der Waals surface area contributed by atoms with Crippen molar-refractivity contribution in [2.24, 2.45) is 0 Å². The second-order valence-electron chi connectivity index (χ2n) is 9.86. The van der Waals surface area contributed by atoms with E-state index in [1.165, 1.54) is 0 Å². The van der Waals surface area contributed by atoms with E-state index in [2.05, 4.69) is 37.6 Å². The monoisotopic (exact) mass is 1060 g/mol. The molecule has 1 saturated heterocycles. The van der Waals surface area contributed by atoms with Crippen molar-refractivity contribution in [1.29, 1.82) is 0 Å². The lowest BCUT2D eigenvalue weighted by molar-refractivity contribution is -0.313. The van der Waals surface area contributed by atoms with Crippen molar-refractivity contribution < 1.29 is 164 Å². The molecule has 9 N–H and O–H groups in total. The molecule has 0 bridgehead atoms. The average Bonchev–Trinajstić information content (AvgIpc) is 2.92. The maximum absolute atomic E-state index is 12.0. The van der Waals surface area contributed by atoms with Gasteiger partial charge in [0.25, 0.3) is 0 Å². The first-order valence-corrected chi connectivity index (χ1v) is 25.2. The lowest BCUT2D eigenvalue weighted by atomic mass is 9.98. The van der Waals surface area contributed by atoms with Crippen LogP contribution in [0.4, 0.5) is 0 Å². The lowest BCUT2D eigenvalue weighted by Crippen LogP contribution is -2.65. The molecule has 0 amide bonds. The topological polar surface area (TPSA) is 591 Å². The molecule has 9 atom stereocenters. The van der Waals surface area contributed by atoms with Gasteiger partial charge in [0.1, 0.15) is 42.7 Å². The SMILES string of the molecule is O=S(=O)(O)OC[C@H](OS(=O)(=O)O)[C@@H](OS(=O)(=O)O)[C@H](O[C@H]1O[C@H](COS(=O)(=O)O)[C@@H](OS(=O)(=O)O)[C@H](OS(=O)(=O)O)[C@H]1OS(=O)(=O)O)[C@@H](COS(=O)(=O)O)OS(=O)(=O)O. The van der Waals surface area contributed by atoms with Gasteiger partial charge in [-0.3, -0.25) is 41.0 Å². The Morgan fingerprint density at radius 1 is 0.390 bits per heavy atom. The molecule has 47 heteroatoms. The van der Waals surface area contributed by atoms with Crippen LogP contribution < -0.4 is 0 Å². The molecule has 59 heavy (non-hydrogen) atoms. The van der Waals surface area contributed by atoms with Crippen molar-refractivity contribution in [2.75, 3.05) is 19.8 Å². The maximum Gasteiger partial charge on any atom is 0.397 e. The van der Waals surface area contributed by atoms with Gasteiger partial charge in [-0.05, 0) is 0 Å². The largest absolute Gasteiger partial charge is 0.397 e. The molecular formula is C12H24O38S9. The van der Waals surface area contributed by atoms with E-state index in [0.29, 0.717) is 0 Å². The summed E-state index contributed by atoms with van der Waals surface area (Å²) in [6.07, 6.45) is -32.0. The fourth-order valence-corrected chi connectivity index (χ4v) is 7.88. The van der Waals surface area contributed by atoms with E-state index in [4.69, 9.17) is 23.1 Å². The molecule has 38 nitrogen and oxygen atoms in total. The van der Waals surface area contributed by atoms with Gasteiger partial charge >= 0.3 is 93.6 Å². The molecule has 0 radical (unpaired) electrons. The zero-order chi connectivity index (χ0) is 46.6. The van der Waals surface area contributed by atoms with Gasteiger partial charge in [-0.1, -0.05) is 0 Å². The van der Waals surface area contributed by atoms with Crippen LogP contribution in [0.15, 0.2) is 0 Å². The average molecular weight is 1060 g/mol. The molecule has 1 rings (SSSR count). The maximum atomic E-state index is 12.0. The zero-order valence-electron chi connectivity index (χ0n) is 26.9. The minimum Gasteiger partial charge on any atom is -0.341 e. The first kappa shape index (κ1) is 55.8. The Bertz CT molecular complexity index is 2470. The third-order valence-electron chi connectivity index (χ3n) is 5.50. The van der Waals surface area contributed by atoms with E-state index in [9.17, 15) is 103 Å². The van der Waals surface area contributed by atoms with E-state index in [1.54, 1.807) is 0 Å². The van der Waals surface area contributed by atoms with E-state index in [-0.39, 0.29) is 0 Å². The van der Waals surface area contributed by atoms with Gasteiger partial charge in [-0.25, -0.2) is 37.6 Å². The lowest BCUT2D eigenvalue weighted by Gasteiger charge is -2.45. The Morgan fingerprint density at radius 2 is 0.729 bits per heavy atom. The van der Waals surface area contributed by atoms with Crippen LogP contribution in [-0.4, -0.2) is 192 Å². The zero-order valence-corrected chi connectivity index (χ0v) is 34.2. The van der Waals surface area contributed by atoms with Crippen molar-refractivity contribution in [3.63, 3.8) is 0 Å². The van der Waals surface area contributed by atoms with Gasteiger partial charge in [0, 0.05) is 0 Å². The highest BCUT2D eigenvalue weighted by Gasteiger charge is 2.57. The molecule has 0 aromatic heterocycles. The third kappa shape index (κ3) is 24.8. The van der Waals surface area contributed by atoms with Crippen LogP contribution in [0.1, 0.15) is 0 Å². The summed E-state index contributed by atoms with van der Waals surface area (Å²) in [4.78, 5) is 0. The summed E-state index contributed by atoms with van der Waals surface area (Å²) in [7, 11) is -55.8. The van der Waals surface area contributed by atoms with Gasteiger partial charge in [0.2, 0.25) is 0 Å². The second kappa shape index (κ2) is 20.1. The van der Waals surface area contributed by atoms with Crippen molar-refractivity contribution in [3.05, 3.63) is 0 Å². The molecule has 354 valence electrons. The fourth-order valence-electron chi connectivity index (χ4n) is 4.00. The highest BCUT2D eigenvalue weighted by atomic mass is 32.3. The Kier molecular flexibility index (Phi) is 19.0. The summed E-state index contributed by atoms with van der Waals surface area (Å²) in [6, 6.07) is 0. The molecule has 1 fully saturated rings. The summed E-state index contributed by atoms with van der Waals surface area (Å²) in [6.45, 7) is -6.81. The quantitative estimate of drug-likeness (QED) is 0.0363. The first-order valence-electron chi connectivity index (χ1n) is 12.9. The Morgan fingerprint density at radius 3 is 1.07 bits per heavy atom. The first-order chi connectivity index (χ1) is 25.8. The molecular weight excluding hydrogens is 1040 g/mol. The Balaban J connectivity index is 4.57. The van der Waals surface area contributed by atoms with E-state index < -0.39 is 169 Å². The third-order valence-corrected chi connectivity index (χ3v) is 9.65. The molecule has 0 unspecified atom stereocenters. The summed E-state index contributed by atoms with van der Waals surface area (Å²) in [5.74, 6) is 0. The van der Waals surface area contributed by atoms with Crippen LogP contribution in [0.5, 0.6) is 0 Å². The van der Waals surface area contributed by atoms with Crippen molar-refractivity contribution in [2.45, 2.75) is 55.1 Å². The molecule has 0 saturated carbocycles. The summed E-state index contributed by atoms with van der Waals surface area (Å²) < 4.78 is 338. The predicted molar refractivity (Wildman–Crippen MR) is 165 cm³/mol. The minimum absolute atomic E-state index is 2.08. The van der Waals surface area contributed by atoms with E-state index in [1.807, 2.05) is 0 Å². The summed E-state index contributed by atoms with van der Waals surface area (Å²) >= 11 is 0. The standard InChI is InChI=1S/C12H24O38S9/c13-51(14,15)40-1-4-8(47-56(28,29)30)10(49-58(34,35)36)11(50-59(37,38)39)12(43-4)44-7(5(45-54(22,23)24)2-41-52(16,17)18)9(48-57(31,32)33)6(46-55(25,26)27)3-42-53(19,20)21/h4-12H,1-3H2,(H,13,14,15)(H,16,17,18)(H,19,20,21)(H,22,23,24)(H,25,26,27)(H,28,29,30)(H,31,32,33)(H,34,35,36)(H,37,38,39)/t4-,5-,6+,7-,8-,9-,10+,11-,12-/m1/s1. The van der Waals surface area contributed by atoms with Gasteiger partial charge in [-0.15, -0.1) is 0 Å². The Hall–Kier alpha value is -1.25. The van der Waals surface area contributed by atoms with Crippen molar-refractivity contribution >= 4 is 93.6 Å². The molecule has 1 aliphatic heterocycles. The van der Waals surface area contributed by atoms with E-state index in [0.717, 1.165) is 0 Å². The van der Waals surface area contributed by atoms with Crippen LogP contribution >= 0.6 is 0 Å². The molecule has 0 aromatic rings. The van der Waals surface area contributed by atoms with Crippen LogP contribution in [0.25, 0.3) is 0 Å². The highest BCUT2D eigenvalue weighted by molar-refractivity contribution is 7.82. The minimum atomic E-state index is -6.48. The fraction of sp³-hybridized carbons (Fsp3) is 1.00. The number of hydrogen-bond acceptors (Lipinski definition) is 29. The van der Waals surface area contributed by atoms with E-state index >= 15 is 0 Å². The summed E-state index contributed by atoms with van der Waals surface area (Å²) in [5, 5.41) is 0. The molecule has 0 aromatic carbocycles. The number of hydrogen-bond donors (Lipinski definition) is 9. The van der Waals surface area contributed by atoms with Crippen LogP contribution in [0.2, 0.25) is 0 Å².